The predicted octanol–water partition coefficient (Wildman–Crippen LogP) is 4.73. The van der Waals surface area contributed by atoms with Gasteiger partial charge in [-0.1, -0.05) is 11.6 Å². The summed E-state index contributed by atoms with van der Waals surface area (Å²) < 4.78 is 14.4. The molecule has 0 aliphatic heterocycles. The number of rotatable bonds is 4. The number of H-pyrrole nitrogens is 2. The standard InChI is InChI=1S/C20H15ClFN5O/c21-11-3-4-15(22)13(7-11)14-8-16(17(10-1-2-10)27-20(14)28)26-19-12-5-6-23-18(12)24-9-25-19/h3-10H,1-2H2,(H,27,28)(H2,23,24,25,26). The highest BCUT2D eigenvalue weighted by molar-refractivity contribution is 6.30. The van der Waals surface area contributed by atoms with E-state index in [1.807, 2.05) is 6.07 Å². The van der Waals surface area contributed by atoms with Gasteiger partial charge in [-0.15, -0.1) is 0 Å². The molecule has 140 valence electrons. The molecule has 0 amide bonds. The molecule has 1 aliphatic carbocycles. The van der Waals surface area contributed by atoms with E-state index < -0.39 is 5.82 Å². The van der Waals surface area contributed by atoms with Gasteiger partial charge in [0.25, 0.3) is 5.56 Å². The summed E-state index contributed by atoms with van der Waals surface area (Å²) in [5.41, 5.74) is 2.23. The van der Waals surface area contributed by atoms with Crippen molar-refractivity contribution in [3.63, 3.8) is 0 Å². The minimum Gasteiger partial charge on any atom is -0.346 e. The number of halogens is 2. The number of hydrogen-bond acceptors (Lipinski definition) is 4. The van der Waals surface area contributed by atoms with E-state index in [2.05, 4.69) is 25.3 Å². The summed E-state index contributed by atoms with van der Waals surface area (Å²) >= 11 is 6.02. The van der Waals surface area contributed by atoms with Crippen molar-refractivity contribution in [2.24, 2.45) is 0 Å². The van der Waals surface area contributed by atoms with Crippen molar-refractivity contribution in [3.05, 3.63) is 69.7 Å². The van der Waals surface area contributed by atoms with Crippen molar-refractivity contribution in [2.75, 3.05) is 5.32 Å². The molecule has 3 aromatic heterocycles. The molecule has 1 saturated carbocycles. The summed E-state index contributed by atoms with van der Waals surface area (Å²) in [5, 5.41) is 4.49. The van der Waals surface area contributed by atoms with Crippen LogP contribution < -0.4 is 10.9 Å². The number of nitrogens with one attached hydrogen (secondary N) is 3. The lowest BCUT2D eigenvalue weighted by atomic mass is 10.0. The number of aromatic amines is 2. The fraction of sp³-hybridized carbons (Fsp3) is 0.150. The Hall–Kier alpha value is -3.19. The van der Waals surface area contributed by atoms with Gasteiger partial charge in [-0.3, -0.25) is 4.79 Å². The molecule has 5 rings (SSSR count). The summed E-state index contributed by atoms with van der Waals surface area (Å²) in [6.07, 6.45) is 5.24. The summed E-state index contributed by atoms with van der Waals surface area (Å²) in [6, 6.07) is 7.71. The molecule has 0 unspecified atom stereocenters. The zero-order chi connectivity index (χ0) is 19.3. The second-order valence-electron chi connectivity index (χ2n) is 6.83. The molecule has 0 spiro atoms. The van der Waals surface area contributed by atoms with E-state index in [0.29, 0.717) is 22.2 Å². The topological polar surface area (TPSA) is 86.5 Å². The molecule has 0 saturated heterocycles. The summed E-state index contributed by atoms with van der Waals surface area (Å²) in [5.74, 6) is 0.379. The maximum atomic E-state index is 14.4. The van der Waals surface area contributed by atoms with Crippen LogP contribution >= 0.6 is 11.6 Å². The molecule has 0 bridgehead atoms. The number of fused-ring (bicyclic) bond motifs is 1. The third-order valence-corrected chi connectivity index (χ3v) is 5.12. The van der Waals surface area contributed by atoms with Gasteiger partial charge in [-0.25, -0.2) is 14.4 Å². The van der Waals surface area contributed by atoms with Gasteiger partial charge in [0.05, 0.1) is 16.6 Å². The fourth-order valence-corrected chi connectivity index (χ4v) is 3.52. The monoisotopic (exact) mass is 395 g/mol. The normalized spacial score (nSPS) is 13.8. The maximum absolute atomic E-state index is 14.4. The summed E-state index contributed by atoms with van der Waals surface area (Å²) in [6.45, 7) is 0. The molecular formula is C20H15ClFN5O. The number of benzene rings is 1. The first-order valence-electron chi connectivity index (χ1n) is 8.88. The van der Waals surface area contributed by atoms with Crippen LogP contribution in [-0.2, 0) is 0 Å². The molecule has 1 aromatic carbocycles. The maximum Gasteiger partial charge on any atom is 0.256 e. The molecular weight excluding hydrogens is 381 g/mol. The minimum atomic E-state index is -0.505. The molecule has 0 atom stereocenters. The third kappa shape index (κ3) is 2.93. The lowest BCUT2D eigenvalue weighted by molar-refractivity contribution is 0.631. The van der Waals surface area contributed by atoms with Crippen LogP contribution in [0.25, 0.3) is 22.2 Å². The van der Waals surface area contributed by atoms with Gasteiger partial charge in [-0.05, 0) is 43.2 Å². The van der Waals surface area contributed by atoms with Gasteiger partial charge < -0.3 is 15.3 Å². The highest BCUT2D eigenvalue weighted by Crippen LogP contribution is 2.43. The van der Waals surface area contributed by atoms with Crippen LogP contribution in [0.3, 0.4) is 0 Å². The van der Waals surface area contributed by atoms with Gasteiger partial charge >= 0.3 is 0 Å². The lowest BCUT2D eigenvalue weighted by Gasteiger charge is -2.14. The first-order valence-corrected chi connectivity index (χ1v) is 9.25. The molecule has 3 heterocycles. The average Bonchev–Trinajstić information content (AvgIpc) is 3.41. The van der Waals surface area contributed by atoms with Crippen molar-refractivity contribution in [3.8, 4) is 11.1 Å². The van der Waals surface area contributed by atoms with Crippen LogP contribution in [-0.4, -0.2) is 19.9 Å². The molecule has 4 aromatic rings. The van der Waals surface area contributed by atoms with Crippen molar-refractivity contribution in [1.82, 2.24) is 19.9 Å². The number of aromatic nitrogens is 4. The van der Waals surface area contributed by atoms with E-state index in [1.54, 1.807) is 12.3 Å². The van der Waals surface area contributed by atoms with Crippen LogP contribution in [0.4, 0.5) is 15.9 Å². The van der Waals surface area contributed by atoms with Crippen LogP contribution in [0.1, 0.15) is 24.5 Å². The van der Waals surface area contributed by atoms with Crippen molar-refractivity contribution in [2.45, 2.75) is 18.8 Å². The lowest BCUT2D eigenvalue weighted by Crippen LogP contribution is -2.14. The largest absolute Gasteiger partial charge is 0.346 e. The molecule has 0 radical (unpaired) electrons. The Bertz CT molecular complexity index is 1260. The smallest absolute Gasteiger partial charge is 0.256 e. The van der Waals surface area contributed by atoms with E-state index >= 15 is 0 Å². The van der Waals surface area contributed by atoms with E-state index in [1.165, 1.54) is 24.5 Å². The Morgan fingerprint density at radius 1 is 1.14 bits per heavy atom. The SMILES string of the molecule is O=c1[nH]c(C2CC2)c(Nc2ncnc3[nH]ccc23)cc1-c1cc(Cl)ccc1F. The average molecular weight is 396 g/mol. The zero-order valence-electron chi connectivity index (χ0n) is 14.6. The van der Waals surface area contributed by atoms with Crippen LogP contribution in [0.15, 0.2) is 47.7 Å². The van der Waals surface area contributed by atoms with Crippen molar-refractivity contribution >= 4 is 34.1 Å². The van der Waals surface area contributed by atoms with Gasteiger partial charge in [-0.2, -0.15) is 0 Å². The van der Waals surface area contributed by atoms with Gasteiger partial charge in [0.15, 0.2) is 0 Å². The zero-order valence-corrected chi connectivity index (χ0v) is 15.3. The van der Waals surface area contributed by atoms with E-state index in [4.69, 9.17) is 11.6 Å². The predicted molar refractivity (Wildman–Crippen MR) is 107 cm³/mol. The highest BCUT2D eigenvalue weighted by atomic mass is 35.5. The van der Waals surface area contributed by atoms with Crippen LogP contribution in [0.2, 0.25) is 5.02 Å². The first-order chi connectivity index (χ1) is 13.6. The quantitative estimate of drug-likeness (QED) is 0.466. The number of pyridine rings is 1. The van der Waals surface area contributed by atoms with E-state index in [9.17, 15) is 9.18 Å². The minimum absolute atomic E-state index is 0.161. The number of hydrogen-bond donors (Lipinski definition) is 3. The van der Waals surface area contributed by atoms with Crippen molar-refractivity contribution in [1.29, 1.82) is 0 Å². The Balaban J connectivity index is 1.67. The van der Waals surface area contributed by atoms with Gasteiger partial charge in [0.1, 0.15) is 23.6 Å². The summed E-state index contributed by atoms with van der Waals surface area (Å²) in [4.78, 5) is 27.2. The fourth-order valence-electron chi connectivity index (χ4n) is 3.35. The molecule has 8 heteroatoms. The third-order valence-electron chi connectivity index (χ3n) is 4.88. The number of nitrogens with zero attached hydrogens (tertiary/aromatic N) is 2. The van der Waals surface area contributed by atoms with Crippen molar-refractivity contribution < 1.29 is 4.39 Å². The Morgan fingerprint density at radius 3 is 2.82 bits per heavy atom. The Labute approximate surface area is 163 Å². The highest BCUT2D eigenvalue weighted by Gasteiger charge is 2.28. The summed E-state index contributed by atoms with van der Waals surface area (Å²) in [7, 11) is 0. The van der Waals surface area contributed by atoms with Crippen LogP contribution in [0, 0.1) is 5.82 Å². The molecule has 1 fully saturated rings. The van der Waals surface area contributed by atoms with E-state index in [0.717, 1.165) is 23.9 Å². The Kier molecular flexibility index (Phi) is 3.91. The van der Waals surface area contributed by atoms with Gasteiger partial charge in [0.2, 0.25) is 0 Å². The van der Waals surface area contributed by atoms with E-state index in [-0.39, 0.29) is 22.6 Å². The first kappa shape index (κ1) is 16.9. The Morgan fingerprint density at radius 2 is 2.00 bits per heavy atom. The molecule has 3 N–H and O–H groups in total. The second kappa shape index (κ2) is 6.45. The second-order valence-corrected chi connectivity index (χ2v) is 7.26. The molecule has 6 nitrogen and oxygen atoms in total. The molecule has 28 heavy (non-hydrogen) atoms. The van der Waals surface area contributed by atoms with Crippen LogP contribution in [0.5, 0.6) is 0 Å². The number of anilines is 2. The molecule has 1 aliphatic rings. The van der Waals surface area contributed by atoms with Gasteiger partial charge in [0, 0.05) is 28.4 Å².